The third-order valence-electron chi connectivity index (χ3n) is 3.76. The summed E-state index contributed by atoms with van der Waals surface area (Å²) in [6.07, 6.45) is 0. The number of benzene rings is 1. The van der Waals surface area contributed by atoms with Crippen LogP contribution >= 0.6 is 15.9 Å². The zero-order chi connectivity index (χ0) is 16.9. The minimum atomic E-state index is -0.377. The van der Waals surface area contributed by atoms with Crippen molar-refractivity contribution in [1.82, 2.24) is 4.90 Å². The summed E-state index contributed by atoms with van der Waals surface area (Å²) < 4.78 is 6.01. The van der Waals surface area contributed by atoms with Crippen LogP contribution < -0.4 is 5.32 Å². The number of rotatable bonds is 2. The maximum atomic E-state index is 12.4. The molecule has 6 nitrogen and oxygen atoms in total. The highest BCUT2D eigenvalue weighted by atomic mass is 79.9. The Morgan fingerprint density at radius 3 is 2.39 bits per heavy atom. The van der Waals surface area contributed by atoms with E-state index in [1.54, 1.807) is 19.9 Å². The van der Waals surface area contributed by atoms with Crippen molar-refractivity contribution in [2.24, 2.45) is 0 Å². The number of nitrogens with zero attached hydrogens (tertiary/aromatic N) is 1. The van der Waals surface area contributed by atoms with Gasteiger partial charge in [0.25, 0.3) is 17.7 Å². The Hall–Kier alpha value is -2.41. The number of hydrogen-bond acceptors (Lipinski definition) is 4. The average molecular weight is 377 g/mol. The van der Waals surface area contributed by atoms with Gasteiger partial charge in [0.15, 0.2) is 0 Å². The number of nitrogens with one attached hydrogen (secondary N) is 1. The summed E-state index contributed by atoms with van der Waals surface area (Å²) in [6, 6.07) is 4.64. The molecule has 0 fully saturated rings. The van der Waals surface area contributed by atoms with E-state index in [9.17, 15) is 14.4 Å². The van der Waals surface area contributed by atoms with Crippen LogP contribution in [0.4, 0.5) is 5.69 Å². The lowest BCUT2D eigenvalue weighted by molar-refractivity contribution is 0.0692. The van der Waals surface area contributed by atoms with Crippen molar-refractivity contribution in [3.63, 3.8) is 0 Å². The summed E-state index contributed by atoms with van der Waals surface area (Å²) in [5.74, 6) is 0.0452. The molecular formula is C16H13BrN2O4. The fraction of sp³-hybridized carbons (Fsp3) is 0.188. The summed E-state index contributed by atoms with van der Waals surface area (Å²) in [4.78, 5) is 37.3. The maximum absolute atomic E-state index is 12.4. The molecule has 0 spiro atoms. The van der Waals surface area contributed by atoms with Crippen LogP contribution in [0.5, 0.6) is 0 Å². The number of imide groups is 1. The second-order valence-corrected chi connectivity index (χ2v) is 6.08. The lowest BCUT2D eigenvalue weighted by Crippen LogP contribution is -2.24. The van der Waals surface area contributed by atoms with Crippen LogP contribution in [-0.4, -0.2) is 29.7 Å². The molecule has 23 heavy (non-hydrogen) atoms. The van der Waals surface area contributed by atoms with E-state index < -0.39 is 0 Å². The van der Waals surface area contributed by atoms with Crippen molar-refractivity contribution in [2.75, 3.05) is 12.4 Å². The summed E-state index contributed by atoms with van der Waals surface area (Å²) in [5, 5.41) is 2.72. The zero-order valence-electron chi connectivity index (χ0n) is 12.7. The third kappa shape index (κ3) is 2.37. The smallest absolute Gasteiger partial charge is 0.261 e. The lowest BCUT2D eigenvalue weighted by Gasteiger charge is -2.06. The zero-order valence-corrected chi connectivity index (χ0v) is 14.3. The third-order valence-corrected chi connectivity index (χ3v) is 4.72. The molecule has 2 heterocycles. The minimum absolute atomic E-state index is 0.287. The van der Waals surface area contributed by atoms with Gasteiger partial charge in [0.1, 0.15) is 11.5 Å². The first kappa shape index (κ1) is 15.5. The van der Waals surface area contributed by atoms with Gasteiger partial charge in [-0.3, -0.25) is 19.3 Å². The number of fused-ring (bicyclic) bond motifs is 1. The summed E-state index contributed by atoms with van der Waals surface area (Å²) in [6.45, 7) is 3.45. The van der Waals surface area contributed by atoms with E-state index in [1.807, 2.05) is 0 Å². The van der Waals surface area contributed by atoms with Gasteiger partial charge in [0.2, 0.25) is 0 Å². The van der Waals surface area contributed by atoms with Crippen LogP contribution in [0.15, 0.2) is 27.1 Å². The van der Waals surface area contributed by atoms with E-state index in [0.29, 0.717) is 32.8 Å². The number of carbonyl (C=O) groups excluding carboxylic acids is 3. The molecule has 1 aliphatic rings. The van der Waals surface area contributed by atoms with Gasteiger partial charge in [-0.1, -0.05) is 0 Å². The number of anilines is 1. The van der Waals surface area contributed by atoms with E-state index >= 15 is 0 Å². The first-order valence-electron chi connectivity index (χ1n) is 6.84. The van der Waals surface area contributed by atoms with Crippen LogP contribution in [0, 0.1) is 13.8 Å². The first-order valence-corrected chi connectivity index (χ1v) is 7.64. The van der Waals surface area contributed by atoms with Crippen molar-refractivity contribution in [1.29, 1.82) is 0 Å². The van der Waals surface area contributed by atoms with Crippen molar-refractivity contribution < 1.29 is 18.8 Å². The van der Waals surface area contributed by atoms with E-state index in [4.69, 9.17) is 4.42 Å². The number of carbonyl (C=O) groups is 3. The van der Waals surface area contributed by atoms with Crippen molar-refractivity contribution in [2.45, 2.75) is 13.8 Å². The molecule has 118 valence electrons. The Labute approximate surface area is 140 Å². The molecule has 1 N–H and O–H groups in total. The molecule has 7 heteroatoms. The highest BCUT2D eigenvalue weighted by molar-refractivity contribution is 9.10. The summed E-state index contributed by atoms with van der Waals surface area (Å²) in [7, 11) is 1.43. The molecule has 0 atom stereocenters. The molecule has 0 saturated heterocycles. The molecule has 0 aliphatic carbocycles. The normalized spacial score (nSPS) is 13.5. The molecule has 1 aromatic heterocycles. The summed E-state index contributed by atoms with van der Waals surface area (Å²) in [5.41, 5.74) is 1.47. The molecule has 1 aromatic carbocycles. The highest BCUT2D eigenvalue weighted by Crippen LogP contribution is 2.29. The second kappa shape index (κ2) is 5.34. The Morgan fingerprint density at radius 1 is 1.13 bits per heavy atom. The Bertz CT molecular complexity index is 869. The molecule has 2 aromatic rings. The molecule has 0 radical (unpaired) electrons. The first-order chi connectivity index (χ1) is 10.8. The van der Waals surface area contributed by atoms with Gasteiger partial charge in [-0.2, -0.15) is 0 Å². The Morgan fingerprint density at radius 2 is 1.78 bits per heavy atom. The van der Waals surface area contributed by atoms with E-state index in [1.165, 1.54) is 19.2 Å². The number of amides is 3. The van der Waals surface area contributed by atoms with Gasteiger partial charge >= 0.3 is 0 Å². The van der Waals surface area contributed by atoms with Gasteiger partial charge in [-0.15, -0.1) is 0 Å². The monoisotopic (exact) mass is 376 g/mol. The Balaban J connectivity index is 1.92. The van der Waals surface area contributed by atoms with Crippen molar-refractivity contribution in [3.8, 4) is 0 Å². The van der Waals surface area contributed by atoms with Gasteiger partial charge in [-0.05, 0) is 48.0 Å². The maximum Gasteiger partial charge on any atom is 0.261 e. The number of hydrogen-bond donors (Lipinski definition) is 1. The minimum Gasteiger partial charge on any atom is -0.465 e. The molecule has 0 saturated carbocycles. The van der Waals surface area contributed by atoms with Crippen molar-refractivity contribution in [3.05, 3.63) is 50.9 Å². The SMILES string of the molecule is Cc1oc(C)c(C(=O)Nc2ccc3c(c2)C(=O)N(C)C3=O)c1Br. The standard InChI is InChI=1S/C16H13BrN2O4/c1-7-12(13(17)8(2)23-7)14(20)18-9-4-5-10-11(6-9)16(22)19(3)15(10)21/h4-6H,1-3H3,(H,18,20). The average Bonchev–Trinajstić information content (AvgIpc) is 2.88. The summed E-state index contributed by atoms with van der Waals surface area (Å²) >= 11 is 3.33. The Kier molecular flexibility index (Phi) is 3.60. The quantitative estimate of drug-likeness (QED) is 0.816. The number of aryl methyl sites for hydroxylation is 2. The predicted octanol–water partition coefficient (Wildman–Crippen LogP) is 3.14. The van der Waals surface area contributed by atoms with Crippen molar-refractivity contribution >= 4 is 39.3 Å². The van der Waals surface area contributed by atoms with E-state index in [0.717, 1.165) is 4.90 Å². The van der Waals surface area contributed by atoms with E-state index in [2.05, 4.69) is 21.2 Å². The van der Waals surface area contributed by atoms with Crippen LogP contribution in [0.25, 0.3) is 0 Å². The van der Waals surface area contributed by atoms with Crippen LogP contribution in [0.1, 0.15) is 42.6 Å². The molecule has 0 bridgehead atoms. The second-order valence-electron chi connectivity index (χ2n) is 5.29. The largest absolute Gasteiger partial charge is 0.465 e. The number of furan rings is 1. The van der Waals surface area contributed by atoms with Gasteiger partial charge in [0.05, 0.1) is 21.2 Å². The van der Waals surface area contributed by atoms with Crippen LogP contribution in [0.2, 0.25) is 0 Å². The molecule has 1 aliphatic heterocycles. The van der Waals surface area contributed by atoms with Gasteiger partial charge in [-0.25, -0.2) is 0 Å². The fourth-order valence-corrected chi connectivity index (χ4v) is 3.09. The fourth-order valence-electron chi connectivity index (χ4n) is 2.55. The highest BCUT2D eigenvalue weighted by Gasteiger charge is 2.33. The van der Waals surface area contributed by atoms with Crippen LogP contribution in [-0.2, 0) is 0 Å². The number of halogens is 1. The molecule has 3 amide bonds. The van der Waals surface area contributed by atoms with Gasteiger partial charge < -0.3 is 9.73 Å². The molecule has 0 unspecified atom stereocenters. The van der Waals surface area contributed by atoms with E-state index in [-0.39, 0.29) is 23.3 Å². The van der Waals surface area contributed by atoms with Gasteiger partial charge in [0, 0.05) is 12.7 Å². The molecule has 3 rings (SSSR count). The van der Waals surface area contributed by atoms with Crippen LogP contribution in [0.3, 0.4) is 0 Å². The topological polar surface area (TPSA) is 79.6 Å². The lowest BCUT2D eigenvalue weighted by atomic mass is 10.1. The predicted molar refractivity (Wildman–Crippen MR) is 86.7 cm³/mol. The molecular weight excluding hydrogens is 364 g/mol.